The molecule has 1 aliphatic carbocycles. The molecule has 0 atom stereocenters. The zero-order valence-electron chi connectivity index (χ0n) is 11.4. The lowest BCUT2D eigenvalue weighted by molar-refractivity contribution is 0.519. The fourth-order valence-electron chi connectivity index (χ4n) is 2.40. The summed E-state index contributed by atoms with van der Waals surface area (Å²) in [5.41, 5.74) is 6.06. The van der Waals surface area contributed by atoms with E-state index in [9.17, 15) is 8.42 Å². The van der Waals surface area contributed by atoms with E-state index in [2.05, 4.69) is 16.6 Å². The molecule has 0 aliphatic heterocycles. The number of hydrogen-bond donors (Lipinski definition) is 2. The van der Waals surface area contributed by atoms with Crippen LogP contribution in [0.1, 0.15) is 31.2 Å². The molecule has 0 saturated heterocycles. The van der Waals surface area contributed by atoms with Gasteiger partial charge in [-0.3, -0.25) is 0 Å². The molecule has 1 aromatic carbocycles. The van der Waals surface area contributed by atoms with Crippen molar-refractivity contribution in [3.05, 3.63) is 29.8 Å². The summed E-state index contributed by atoms with van der Waals surface area (Å²) in [4.78, 5) is 0.286. The van der Waals surface area contributed by atoms with Crippen LogP contribution in [0.25, 0.3) is 0 Å². The second-order valence-corrected chi connectivity index (χ2v) is 6.80. The van der Waals surface area contributed by atoms with Crippen LogP contribution in [-0.2, 0) is 10.0 Å². The quantitative estimate of drug-likeness (QED) is 0.825. The largest absolute Gasteiger partial charge is 0.320 e. The Morgan fingerprint density at radius 2 is 1.85 bits per heavy atom. The van der Waals surface area contributed by atoms with Crippen LogP contribution >= 0.6 is 0 Å². The predicted octanol–water partition coefficient (Wildman–Crippen LogP) is 1.47. The minimum absolute atomic E-state index is 0.286. The first-order valence-corrected chi connectivity index (χ1v) is 8.39. The summed E-state index contributed by atoms with van der Waals surface area (Å²) < 4.78 is 27.0. The lowest BCUT2D eigenvalue weighted by atomic mass is 10.1. The Labute approximate surface area is 120 Å². The van der Waals surface area contributed by atoms with Crippen molar-refractivity contribution in [2.45, 2.75) is 30.6 Å². The third kappa shape index (κ3) is 4.07. The predicted molar refractivity (Wildman–Crippen MR) is 79.5 cm³/mol. The van der Waals surface area contributed by atoms with Gasteiger partial charge >= 0.3 is 0 Å². The molecule has 0 bridgehead atoms. The van der Waals surface area contributed by atoms with Crippen LogP contribution in [0, 0.1) is 17.8 Å². The topological polar surface area (TPSA) is 72.2 Å². The Morgan fingerprint density at radius 1 is 1.20 bits per heavy atom. The lowest BCUT2D eigenvalue weighted by Gasteiger charge is -2.11. The molecule has 3 N–H and O–H groups in total. The van der Waals surface area contributed by atoms with Gasteiger partial charge in [0.25, 0.3) is 0 Å². The summed E-state index contributed by atoms with van der Waals surface area (Å²) in [7, 11) is -3.41. The van der Waals surface area contributed by atoms with Crippen molar-refractivity contribution in [2.75, 3.05) is 13.1 Å². The second kappa shape index (κ2) is 6.89. The Hall–Kier alpha value is -1.35. The van der Waals surface area contributed by atoms with Crippen molar-refractivity contribution in [3.8, 4) is 11.8 Å². The molecule has 4 nitrogen and oxygen atoms in total. The zero-order valence-corrected chi connectivity index (χ0v) is 12.2. The highest BCUT2D eigenvalue weighted by Gasteiger charge is 2.19. The van der Waals surface area contributed by atoms with Gasteiger partial charge in [0, 0.05) is 12.1 Å². The van der Waals surface area contributed by atoms with E-state index in [0.717, 1.165) is 18.4 Å². The zero-order chi connectivity index (χ0) is 14.4. The molecule has 0 radical (unpaired) electrons. The van der Waals surface area contributed by atoms with Crippen molar-refractivity contribution >= 4 is 10.0 Å². The fraction of sp³-hybridized carbons (Fsp3) is 0.467. The van der Waals surface area contributed by atoms with Crippen LogP contribution in [0.15, 0.2) is 29.2 Å². The van der Waals surface area contributed by atoms with Gasteiger partial charge in [0.2, 0.25) is 10.0 Å². The molecule has 1 fully saturated rings. The van der Waals surface area contributed by atoms with Gasteiger partial charge in [-0.05, 0) is 43.0 Å². The smallest absolute Gasteiger partial charge is 0.240 e. The molecular weight excluding hydrogens is 272 g/mol. The second-order valence-electron chi connectivity index (χ2n) is 5.03. The van der Waals surface area contributed by atoms with E-state index in [1.54, 1.807) is 24.3 Å². The Balaban J connectivity index is 2.01. The minimum atomic E-state index is -3.41. The molecule has 0 amide bonds. The first-order valence-electron chi connectivity index (χ1n) is 6.90. The maximum atomic E-state index is 12.1. The SMILES string of the molecule is NCC#Cc1ccc(S(=O)(=O)NCC2CCCC2)cc1. The average Bonchev–Trinajstić information content (AvgIpc) is 2.97. The molecule has 0 unspecified atom stereocenters. The molecule has 0 spiro atoms. The first-order chi connectivity index (χ1) is 9.62. The molecular formula is C15H20N2O2S. The van der Waals surface area contributed by atoms with Crippen molar-refractivity contribution in [3.63, 3.8) is 0 Å². The molecule has 108 valence electrons. The van der Waals surface area contributed by atoms with Crippen molar-refractivity contribution in [1.82, 2.24) is 4.72 Å². The van der Waals surface area contributed by atoms with E-state index in [0.29, 0.717) is 19.0 Å². The van der Waals surface area contributed by atoms with Crippen LogP contribution in [0.4, 0.5) is 0 Å². The molecule has 0 heterocycles. The van der Waals surface area contributed by atoms with Crippen molar-refractivity contribution in [1.29, 1.82) is 0 Å². The normalized spacial score (nSPS) is 15.8. The Kier molecular flexibility index (Phi) is 5.18. The van der Waals surface area contributed by atoms with Gasteiger partial charge in [-0.2, -0.15) is 0 Å². The van der Waals surface area contributed by atoms with E-state index >= 15 is 0 Å². The minimum Gasteiger partial charge on any atom is -0.320 e. The van der Waals surface area contributed by atoms with Gasteiger partial charge in [-0.15, -0.1) is 0 Å². The van der Waals surface area contributed by atoms with Crippen LogP contribution < -0.4 is 10.5 Å². The molecule has 1 aliphatic rings. The van der Waals surface area contributed by atoms with Gasteiger partial charge in [-0.1, -0.05) is 24.7 Å². The van der Waals surface area contributed by atoms with Gasteiger partial charge in [0.05, 0.1) is 11.4 Å². The molecule has 5 heteroatoms. The third-order valence-corrected chi connectivity index (χ3v) is 4.98. The molecule has 0 aromatic heterocycles. The number of hydrogen-bond acceptors (Lipinski definition) is 3. The molecule has 20 heavy (non-hydrogen) atoms. The van der Waals surface area contributed by atoms with Crippen LogP contribution in [0.5, 0.6) is 0 Å². The van der Waals surface area contributed by atoms with Crippen LogP contribution in [0.3, 0.4) is 0 Å². The number of nitrogens with two attached hydrogens (primary N) is 1. The summed E-state index contributed by atoms with van der Waals surface area (Å²) in [6, 6.07) is 6.56. The van der Waals surface area contributed by atoms with E-state index in [1.807, 2.05) is 0 Å². The van der Waals surface area contributed by atoms with E-state index < -0.39 is 10.0 Å². The van der Waals surface area contributed by atoms with Gasteiger partial charge < -0.3 is 5.73 Å². The fourth-order valence-corrected chi connectivity index (χ4v) is 3.51. The molecule has 1 aromatic rings. The van der Waals surface area contributed by atoms with Gasteiger partial charge in [-0.25, -0.2) is 13.1 Å². The number of benzene rings is 1. The van der Waals surface area contributed by atoms with Gasteiger partial charge in [0.1, 0.15) is 0 Å². The average molecular weight is 292 g/mol. The summed E-state index contributed by atoms with van der Waals surface area (Å²) in [5, 5.41) is 0. The number of sulfonamides is 1. The standard InChI is InChI=1S/C15H20N2O2S/c16-11-3-6-13-7-9-15(10-8-13)20(18,19)17-12-14-4-1-2-5-14/h7-10,14,17H,1-2,4-5,11-12,16H2. The molecule has 2 rings (SSSR count). The van der Waals surface area contributed by atoms with E-state index in [-0.39, 0.29) is 4.90 Å². The highest BCUT2D eigenvalue weighted by atomic mass is 32.2. The van der Waals surface area contributed by atoms with E-state index in [1.165, 1.54) is 12.8 Å². The molecule has 1 saturated carbocycles. The van der Waals surface area contributed by atoms with Gasteiger partial charge in [0.15, 0.2) is 0 Å². The highest BCUT2D eigenvalue weighted by Crippen LogP contribution is 2.24. The Bertz CT molecular complexity index is 591. The highest BCUT2D eigenvalue weighted by molar-refractivity contribution is 7.89. The summed E-state index contributed by atoms with van der Waals surface area (Å²) in [6.45, 7) is 0.833. The third-order valence-electron chi connectivity index (χ3n) is 3.54. The summed E-state index contributed by atoms with van der Waals surface area (Å²) in [5.74, 6) is 6.09. The monoisotopic (exact) mass is 292 g/mol. The van der Waals surface area contributed by atoms with Crippen LogP contribution in [0.2, 0.25) is 0 Å². The maximum Gasteiger partial charge on any atom is 0.240 e. The first kappa shape index (κ1) is 15.0. The Morgan fingerprint density at radius 3 is 2.45 bits per heavy atom. The number of rotatable bonds is 4. The summed E-state index contributed by atoms with van der Waals surface area (Å²) in [6.07, 6.45) is 4.66. The number of nitrogens with one attached hydrogen (secondary N) is 1. The van der Waals surface area contributed by atoms with Crippen molar-refractivity contribution < 1.29 is 8.42 Å². The summed E-state index contributed by atoms with van der Waals surface area (Å²) >= 11 is 0. The van der Waals surface area contributed by atoms with Crippen molar-refractivity contribution in [2.24, 2.45) is 11.7 Å². The maximum absolute atomic E-state index is 12.1. The van der Waals surface area contributed by atoms with Crippen LogP contribution in [-0.4, -0.2) is 21.5 Å². The van der Waals surface area contributed by atoms with E-state index in [4.69, 9.17) is 5.73 Å². The lowest BCUT2D eigenvalue weighted by Crippen LogP contribution is -2.28.